The van der Waals surface area contributed by atoms with Crippen molar-refractivity contribution in [2.45, 2.75) is 102 Å². The number of phenolic OH excluding ortho intramolecular Hbond substituents is 2. The van der Waals surface area contributed by atoms with Crippen molar-refractivity contribution in [2.75, 3.05) is 33.3 Å². The fourth-order valence-corrected chi connectivity index (χ4v) is 11.9. The van der Waals surface area contributed by atoms with Crippen LogP contribution in [0.1, 0.15) is 92.7 Å². The first-order valence-corrected chi connectivity index (χ1v) is 22.9. The van der Waals surface area contributed by atoms with Crippen molar-refractivity contribution in [3.63, 3.8) is 0 Å². The lowest BCUT2D eigenvalue weighted by molar-refractivity contribution is -0.169. The van der Waals surface area contributed by atoms with Crippen molar-refractivity contribution in [3.8, 4) is 17.2 Å². The molecular formula is C50H61N5O9. The van der Waals surface area contributed by atoms with Gasteiger partial charge in [0.05, 0.1) is 12.8 Å². The molecule has 2 aliphatic carbocycles. The van der Waals surface area contributed by atoms with Crippen LogP contribution in [0.5, 0.6) is 17.2 Å². The highest BCUT2D eigenvalue weighted by Crippen LogP contribution is 2.61. The SMILES string of the molecule is C/C=C(/CCNC)C(=O)O[C@@H]1Cc2c3c(c4oc(CO)cc(=O)c4c2O)[C@H]2C4=CCNC(N)=C4[C@@H](CCc4ccc(O)cc4[C@H]2CO)[C@H]2CCC4=CC(NCC)NC=C4C[C@@H]2[C@]1(C)O3. The van der Waals surface area contributed by atoms with Crippen LogP contribution < -0.4 is 37.2 Å². The molecule has 10 N–H and O–H groups in total. The second kappa shape index (κ2) is 17.4. The minimum Gasteiger partial charge on any atom is -0.508 e. The van der Waals surface area contributed by atoms with E-state index in [1.165, 1.54) is 11.6 Å². The van der Waals surface area contributed by atoms with Crippen LogP contribution in [0.25, 0.3) is 11.0 Å². The van der Waals surface area contributed by atoms with Crippen LogP contribution in [-0.2, 0) is 29.0 Å². The molecular weight excluding hydrogens is 815 g/mol. The second-order valence-electron chi connectivity index (χ2n) is 18.3. The van der Waals surface area contributed by atoms with E-state index in [0.29, 0.717) is 55.7 Å². The maximum absolute atomic E-state index is 14.4. The van der Waals surface area contributed by atoms with E-state index in [0.717, 1.165) is 47.2 Å². The van der Waals surface area contributed by atoms with Gasteiger partial charge in [-0.05, 0) is 136 Å². The summed E-state index contributed by atoms with van der Waals surface area (Å²) in [6, 6.07) is 6.48. The van der Waals surface area contributed by atoms with E-state index >= 15 is 0 Å². The Bertz CT molecular complexity index is 2590. The van der Waals surface area contributed by atoms with Crippen LogP contribution in [0.15, 0.2) is 91.6 Å². The fraction of sp³-hybridized carbons (Fsp3) is 0.480. The molecule has 0 saturated heterocycles. The molecule has 1 saturated carbocycles. The van der Waals surface area contributed by atoms with Crippen molar-refractivity contribution < 1.29 is 39.1 Å². The maximum Gasteiger partial charge on any atom is 0.334 e. The molecule has 1 aromatic heterocycles. The molecule has 3 aromatic rings. The zero-order valence-corrected chi connectivity index (χ0v) is 37.1. The number of carbonyl (C=O) groups excluding carboxylic acids is 1. The Hall–Kier alpha value is -5.54. The smallest absolute Gasteiger partial charge is 0.334 e. The van der Waals surface area contributed by atoms with Crippen molar-refractivity contribution >= 4 is 16.9 Å². The number of hydrogen-bond acceptors (Lipinski definition) is 14. The summed E-state index contributed by atoms with van der Waals surface area (Å²) < 4.78 is 20.9. The van der Waals surface area contributed by atoms with Gasteiger partial charge in [0.25, 0.3) is 0 Å². The van der Waals surface area contributed by atoms with Gasteiger partial charge >= 0.3 is 5.97 Å². The van der Waals surface area contributed by atoms with Crippen molar-refractivity contribution in [1.29, 1.82) is 0 Å². The molecule has 2 aromatic carbocycles. The number of aliphatic hydroxyl groups excluding tert-OH is 2. The van der Waals surface area contributed by atoms with Crippen LogP contribution in [-0.4, -0.2) is 77.6 Å². The number of aromatic hydroxyl groups is 2. The van der Waals surface area contributed by atoms with E-state index < -0.39 is 41.5 Å². The van der Waals surface area contributed by atoms with Crippen LogP contribution in [0, 0.1) is 17.8 Å². The number of nitrogens with one attached hydrogen (secondary N) is 4. The number of hydrogen-bond donors (Lipinski definition) is 9. The highest BCUT2D eigenvalue weighted by Gasteiger charge is 2.58. The fourth-order valence-electron chi connectivity index (χ4n) is 11.9. The molecule has 0 radical (unpaired) electrons. The molecule has 0 spiro atoms. The van der Waals surface area contributed by atoms with Gasteiger partial charge in [-0.15, -0.1) is 0 Å². The normalized spacial score (nSPS) is 28.4. The van der Waals surface area contributed by atoms with Gasteiger partial charge in [-0.25, -0.2) is 4.79 Å². The third-order valence-corrected chi connectivity index (χ3v) is 15.0. The number of fused-ring (bicyclic) bond motifs is 9. The Kier molecular flexibility index (Phi) is 11.9. The zero-order chi connectivity index (χ0) is 45.0. The standard InChI is InChI=1S/C50H61N5O9/c1-5-25(13-15-52-4)49(61)63-39-21-35-45(60)43-38(59)20-30(23-56)62-47(43)44-41-33-14-16-54-48(51)42(33)32(12-8-26-7-10-29(58)19-34(26)36(41)24-57)31-11-9-27-18-40(53-6-2)55-22-28(27)17-37(31)50(39,3)64-46(35)44/h5,7,10,14,18-20,22,31-32,36-37,39-41,52-58,60H,6,8-9,11-13,15-17,21,23-24,51H2,1-4H3/b25-5-/t31-,32+,36-,37+,39-,40?,41+,50+/m1/s1. The second-order valence-corrected chi connectivity index (χ2v) is 18.3. The van der Waals surface area contributed by atoms with Gasteiger partial charge < -0.3 is 56.0 Å². The molecule has 4 aliphatic heterocycles. The number of rotatable bonds is 9. The molecule has 64 heavy (non-hydrogen) atoms. The summed E-state index contributed by atoms with van der Waals surface area (Å²) in [4.78, 5) is 28.7. The maximum atomic E-state index is 14.4. The quantitative estimate of drug-likeness (QED) is 0.105. The summed E-state index contributed by atoms with van der Waals surface area (Å²) in [5, 5.41) is 59.4. The molecule has 9 rings (SSSR count). The number of carbonyl (C=O) groups is 1. The predicted octanol–water partition coefficient (Wildman–Crippen LogP) is 4.76. The first-order chi connectivity index (χ1) is 30.9. The molecule has 14 nitrogen and oxygen atoms in total. The highest BCUT2D eigenvalue weighted by molar-refractivity contribution is 5.92. The molecule has 6 aliphatic rings. The Labute approximate surface area is 373 Å². The van der Waals surface area contributed by atoms with Crippen LogP contribution >= 0.6 is 0 Å². The predicted molar refractivity (Wildman–Crippen MR) is 242 cm³/mol. The molecule has 1 fully saturated rings. The molecule has 8 atom stereocenters. The molecule has 14 heteroatoms. The third kappa shape index (κ3) is 7.28. The number of likely N-dealkylation sites (N-methyl/N-ethyl adjacent to an activating group) is 1. The van der Waals surface area contributed by atoms with Gasteiger partial charge in [0.1, 0.15) is 58.1 Å². The Balaban J connectivity index is 1.40. The summed E-state index contributed by atoms with van der Waals surface area (Å²) in [5.74, 6) is -2.22. The number of esters is 1. The molecule has 340 valence electrons. The van der Waals surface area contributed by atoms with Crippen LogP contribution in [0.4, 0.5) is 0 Å². The minimum atomic E-state index is -1.26. The van der Waals surface area contributed by atoms with Gasteiger partial charge in [-0.3, -0.25) is 10.1 Å². The van der Waals surface area contributed by atoms with Gasteiger partial charge in [0.15, 0.2) is 5.43 Å². The number of nitrogens with two attached hydrogens (primary N) is 1. The van der Waals surface area contributed by atoms with E-state index in [1.54, 1.807) is 18.2 Å². The van der Waals surface area contributed by atoms with E-state index in [2.05, 4.69) is 46.5 Å². The number of allylic oxidation sites excluding steroid dienone is 5. The summed E-state index contributed by atoms with van der Waals surface area (Å²) in [7, 11) is 1.83. The number of phenols is 2. The van der Waals surface area contributed by atoms with Crippen molar-refractivity contribution in [3.05, 3.63) is 121 Å². The number of benzene rings is 2. The molecule has 0 amide bonds. The lowest BCUT2D eigenvalue weighted by atomic mass is 9.61. The van der Waals surface area contributed by atoms with Gasteiger partial charge in [0.2, 0.25) is 0 Å². The lowest BCUT2D eigenvalue weighted by Crippen LogP contribution is -2.59. The van der Waals surface area contributed by atoms with Gasteiger partial charge in [-0.2, -0.15) is 0 Å². The molecule has 1 unspecified atom stereocenters. The Morgan fingerprint density at radius 2 is 1.95 bits per heavy atom. The summed E-state index contributed by atoms with van der Waals surface area (Å²) in [5.41, 5.74) is 12.4. The largest absolute Gasteiger partial charge is 0.508 e. The van der Waals surface area contributed by atoms with E-state index in [9.17, 15) is 30.0 Å². The first-order valence-electron chi connectivity index (χ1n) is 22.9. The van der Waals surface area contributed by atoms with E-state index in [1.807, 2.05) is 27.0 Å². The molecule has 5 heterocycles. The topological polar surface area (TPSA) is 221 Å². The number of ether oxygens (including phenoxy) is 2. The highest BCUT2D eigenvalue weighted by atomic mass is 16.6. The van der Waals surface area contributed by atoms with Gasteiger partial charge in [0, 0.05) is 59.7 Å². The van der Waals surface area contributed by atoms with Crippen LogP contribution in [0.3, 0.4) is 0 Å². The minimum absolute atomic E-state index is 0.00621. The Morgan fingerprint density at radius 1 is 1.12 bits per heavy atom. The average Bonchev–Trinajstić information content (AvgIpc) is 3.44. The Morgan fingerprint density at radius 3 is 2.70 bits per heavy atom. The van der Waals surface area contributed by atoms with Crippen molar-refractivity contribution in [2.24, 2.45) is 23.5 Å². The lowest BCUT2D eigenvalue weighted by Gasteiger charge is -2.52. The summed E-state index contributed by atoms with van der Waals surface area (Å²) in [6.45, 7) is 6.67. The van der Waals surface area contributed by atoms with Gasteiger partial charge in [-0.1, -0.05) is 25.1 Å². The third-order valence-electron chi connectivity index (χ3n) is 15.0. The number of dihydropyridines is 2. The van der Waals surface area contributed by atoms with Crippen molar-refractivity contribution in [1.82, 2.24) is 21.3 Å². The average molecular weight is 876 g/mol. The van der Waals surface area contributed by atoms with E-state index in [4.69, 9.17) is 19.6 Å². The van der Waals surface area contributed by atoms with E-state index in [-0.39, 0.29) is 76.5 Å². The molecule has 4 bridgehead atoms. The first kappa shape index (κ1) is 43.7. The number of aliphatic hydroxyl groups is 2. The monoisotopic (exact) mass is 875 g/mol. The zero-order valence-electron chi connectivity index (χ0n) is 37.1. The van der Waals surface area contributed by atoms with Crippen LogP contribution in [0.2, 0.25) is 0 Å². The number of aryl methyl sites for hydroxylation is 1. The summed E-state index contributed by atoms with van der Waals surface area (Å²) in [6.07, 6.45) is 11.0. The summed E-state index contributed by atoms with van der Waals surface area (Å²) >= 11 is 0.